The van der Waals surface area contributed by atoms with E-state index in [0.717, 1.165) is 17.9 Å². The van der Waals surface area contributed by atoms with Gasteiger partial charge in [-0.05, 0) is 17.7 Å². The maximum atomic E-state index is 12.2. The lowest BCUT2D eigenvalue weighted by molar-refractivity contribution is -0.274. The molecule has 1 aliphatic heterocycles. The monoisotopic (exact) mass is 371 g/mol. The number of aromatic nitrogens is 2. The Labute approximate surface area is 144 Å². The minimum absolute atomic E-state index is 0.0566. The van der Waals surface area contributed by atoms with E-state index >= 15 is 0 Å². The molecule has 1 aromatic carbocycles. The topological polar surface area (TPSA) is 73.2 Å². The van der Waals surface area contributed by atoms with E-state index in [0.29, 0.717) is 17.3 Å². The van der Waals surface area contributed by atoms with Crippen LogP contribution in [-0.2, 0) is 13.1 Å². The third-order valence-electron chi connectivity index (χ3n) is 3.41. The van der Waals surface area contributed by atoms with Gasteiger partial charge in [-0.15, -0.1) is 13.2 Å². The van der Waals surface area contributed by atoms with Gasteiger partial charge in [0, 0.05) is 25.0 Å². The second kappa shape index (κ2) is 6.79. The first-order valence-electron chi connectivity index (χ1n) is 7.19. The van der Waals surface area contributed by atoms with E-state index < -0.39 is 17.8 Å². The lowest BCUT2D eigenvalue weighted by Gasteiger charge is -2.10. The van der Waals surface area contributed by atoms with Gasteiger partial charge in [-0.3, -0.25) is 14.2 Å². The van der Waals surface area contributed by atoms with Gasteiger partial charge in [0.05, 0.1) is 0 Å². The molecule has 0 saturated carbocycles. The molecular weight excluding hydrogens is 359 g/mol. The summed E-state index contributed by atoms with van der Waals surface area (Å²) in [5.41, 5.74) is 0.0948. The standard InChI is InChI=1S/C15H12F3N3O3S/c16-15(17,18)24-10-3-1-9(2-4-10)7-19-12(22)11-8-20-14-21(13(11)23)5-6-25-14/h1-4,8H,5-7H2,(H,19,22). The van der Waals surface area contributed by atoms with Gasteiger partial charge in [-0.2, -0.15) is 0 Å². The van der Waals surface area contributed by atoms with Crippen molar-refractivity contribution in [2.24, 2.45) is 0 Å². The van der Waals surface area contributed by atoms with Crippen LogP contribution in [0, 0.1) is 0 Å². The lowest BCUT2D eigenvalue weighted by Crippen LogP contribution is -2.33. The van der Waals surface area contributed by atoms with Gasteiger partial charge in [-0.25, -0.2) is 4.98 Å². The molecule has 0 bridgehead atoms. The maximum absolute atomic E-state index is 12.2. The van der Waals surface area contributed by atoms with Crippen LogP contribution in [0.25, 0.3) is 0 Å². The summed E-state index contributed by atoms with van der Waals surface area (Å²) in [7, 11) is 0. The Morgan fingerprint density at radius 3 is 2.72 bits per heavy atom. The molecule has 1 aromatic heterocycles. The second-order valence-electron chi connectivity index (χ2n) is 5.13. The van der Waals surface area contributed by atoms with E-state index in [9.17, 15) is 22.8 Å². The van der Waals surface area contributed by atoms with Crippen molar-refractivity contribution in [3.05, 3.63) is 51.9 Å². The van der Waals surface area contributed by atoms with E-state index in [4.69, 9.17) is 0 Å². The van der Waals surface area contributed by atoms with Crippen molar-refractivity contribution in [1.29, 1.82) is 0 Å². The Kier molecular flexibility index (Phi) is 4.71. The number of nitrogens with zero attached hydrogens (tertiary/aromatic N) is 2. The highest BCUT2D eigenvalue weighted by Crippen LogP contribution is 2.23. The number of halogens is 3. The van der Waals surface area contributed by atoms with Gasteiger partial charge in [0.25, 0.3) is 11.5 Å². The first-order valence-corrected chi connectivity index (χ1v) is 8.17. The fourth-order valence-corrected chi connectivity index (χ4v) is 3.17. The highest BCUT2D eigenvalue weighted by Gasteiger charge is 2.30. The summed E-state index contributed by atoms with van der Waals surface area (Å²) in [6.45, 7) is 0.564. The number of benzene rings is 1. The maximum Gasteiger partial charge on any atom is 0.573 e. The lowest BCUT2D eigenvalue weighted by atomic mass is 10.2. The van der Waals surface area contributed by atoms with E-state index in [1.807, 2.05) is 0 Å². The molecule has 0 atom stereocenters. The molecule has 0 saturated heterocycles. The van der Waals surface area contributed by atoms with Crippen LogP contribution in [0.3, 0.4) is 0 Å². The summed E-state index contributed by atoms with van der Waals surface area (Å²) in [6.07, 6.45) is -3.52. The molecule has 3 rings (SSSR count). The Morgan fingerprint density at radius 2 is 2.04 bits per heavy atom. The number of thioether (sulfide) groups is 1. The number of rotatable bonds is 4. The fraction of sp³-hybridized carbons (Fsp3) is 0.267. The second-order valence-corrected chi connectivity index (χ2v) is 6.20. The molecule has 0 fully saturated rings. The Hall–Kier alpha value is -2.49. The van der Waals surface area contributed by atoms with Gasteiger partial charge in [0.2, 0.25) is 0 Å². The van der Waals surface area contributed by atoms with Crippen molar-refractivity contribution in [2.45, 2.75) is 24.6 Å². The molecule has 132 valence electrons. The first-order chi connectivity index (χ1) is 11.8. The summed E-state index contributed by atoms with van der Waals surface area (Å²) in [5, 5.41) is 3.14. The van der Waals surface area contributed by atoms with E-state index in [2.05, 4.69) is 15.0 Å². The van der Waals surface area contributed by atoms with Gasteiger partial charge >= 0.3 is 6.36 Å². The molecule has 1 N–H and O–H groups in total. The van der Waals surface area contributed by atoms with Gasteiger partial charge in [0.1, 0.15) is 11.3 Å². The van der Waals surface area contributed by atoms with Crippen LogP contribution >= 0.6 is 11.8 Å². The van der Waals surface area contributed by atoms with Gasteiger partial charge in [0.15, 0.2) is 5.16 Å². The molecular formula is C15H12F3N3O3S. The summed E-state index contributed by atoms with van der Waals surface area (Å²) < 4.78 is 41.5. The fourth-order valence-electron chi connectivity index (χ4n) is 2.26. The number of carbonyl (C=O) groups is 1. The van der Waals surface area contributed by atoms with Crippen LogP contribution in [0.2, 0.25) is 0 Å². The molecule has 2 aromatic rings. The molecule has 6 nitrogen and oxygen atoms in total. The first kappa shape index (κ1) is 17.3. The van der Waals surface area contributed by atoms with Crippen LogP contribution in [0.4, 0.5) is 13.2 Å². The van der Waals surface area contributed by atoms with Crippen LogP contribution in [-0.4, -0.2) is 27.6 Å². The third kappa shape index (κ3) is 4.13. The zero-order valence-corrected chi connectivity index (χ0v) is 13.5. The summed E-state index contributed by atoms with van der Waals surface area (Å²) in [5.74, 6) is -0.193. The molecule has 0 radical (unpaired) electrons. The van der Waals surface area contributed by atoms with Crippen molar-refractivity contribution < 1.29 is 22.7 Å². The molecule has 0 spiro atoms. The highest BCUT2D eigenvalue weighted by molar-refractivity contribution is 7.99. The number of ether oxygens (including phenoxy) is 1. The molecule has 10 heteroatoms. The number of hydrogen-bond acceptors (Lipinski definition) is 5. The molecule has 0 aliphatic carbocycles. The van der Waals surface area contributed by atoms with Crippen molar-refractivity contribution in [2.75, 3.05) is 5.75 Å². The number of carbonyl (C=O) groups excluding carboxylic acids is 1. The van der Waals surface area contributed by atoms with E-state index in [-0.39, 0.29) is 17.9 Å². The predicted octanol–water partition coefficient (Wildman–Crippen LogP) is 2.18. The highest BCUT2D eigenvalue weighted by atomic mass is 32.2. The average molecular weight is 371 g/mol. The Balaban J connectivity index is 1.64. The molecule has 25 heavy (non-hydrogen) atoms. The summed E-state index contributed by atoms with van der Waals surface area (Å²) >= 11 is 1.45. The minimum atomic E-state index is -4.75. The minimum Gasteiger partial charge on any atom is -0.406 e. The van der Waals surface area contributed by atoms with Gasteiger partial charge < -0.3 is 10.1 Å². The largest absolute Gasteiger partial charge is 0.573 e. The normalized spacial score (nSPS) is 13.4. The SMILES string of the molecule is O=C(NCc1ccc(OC(F)(F)F)cc1)c1cnc2n(c1=O)CCS2. The third-order valence-corrected chi connectivity index (χ3v) is 4.38. The van der Waals surface area contributed by atoms with Crippen LogP contribution in [0.15, 0.2) is 40.4 Å². The van der Waals surface area contributed by atoms with Crippen LogP contribution in [0.5, 0.6) is 5.75 Å². The van der Waals surface area contributed by atoms with E-state index in [1.165, 1.54) is 34.7 Å². The quantitative estimate of drug-likeness (QED) is 0.834. The molecule has 2 heterocycles. The number of nitrogens with one attached hydrogen (secondary N) is 1. The summed E-state index contributed by atoms with van der Waals surface area (Å²) in [6, 6.07) is 5.09. The molecule has 0 unspecified atom stereocenters. The van der Waals surface area contributed by atoms with Crippen LogP contribution in [0.1, 0.15) is 15.9 Å². The average Bonchev–Trinajstić information content (AvgIpc) is 3.02. The Morgan fingerprint density at radius 1 is 1.32 bits per heavy atom. The van der Waals surface area contributed by atoms with Crippen molar-refractivity contribution in [1.82, 2.24) is 14.9 Å². The number of hydrogen-bond donors (Lipinski definition) is 1. The van der Waals surface area contributed by atoms with E-state index in [1.54, 1.807) is 0 Å². The van der Waals surface area contributed by atoms with Crippen molar-refractivity contribution in [3.63, 3.8) is 0 Å². The Bertz CT molecular complexity index is 850. The number of fused-ring (bicyclic) bond motifs is 1. The molecule has 1 aliphatic rings. The van der Waals surface area contributed by atoms with Crippen molar-refractivity contribution >= 4 is 17.7 Å². The summed E-state index contributed by atoms with van der Waals surface area (Å²) in [4.78, 5) is 28.4. The number of amides is 1. The zero-order valence-electron chi connectivity index (χ0n) is 12.7. The van der Waals surface area contributed by atoms with Crippen molar-refractivity contribution in [3.8, 4) is 5.75 Å². The van der Waals surface area contributed by atoms with Gasteiger partial charge in [-0.1, -0.05) is 23.9 Å². The molecule has 1 amide bonds. The predicted molar refractivity (Wildman–Crippen MR) is 83.5 cm³/mol. The smallest absolute Gasteiger partial charge is 0.406 e. The van der Waals surface area contributed by atoms with Crippen LogP contribution < -0.4 is 15.6 Å². The number of alkyl halides is 3. The zero-order chi connectivity index (χ0) is 18.0.